The third-order valence-electron chi connectivity index (χ3n) is 3.04. The van der Waals surface area contributed by atoms with Gasteiger partial charge < -0.3 is 0 Å². The van der Waals surface area contributed by atoms with Crippen LogP contribution in [0.1, 0.15) is 31.8 Å². The summed E-state index contributed by atoms with van der Waals surface area (Å²) in [5.41, 5.74) is 7.86. The maximum atomic E-state index is 12.0. The van der Waals surface area contributed by atoms with Crippen molar-refractivity contribution in [2.75, 3.05) is 0 Å². The summed E-state index contributed by atoms with van der Waals surface area (Å²) < 4.78 is 0.847. The van der Waals surface area contributed by atoms with Crippen molar-refractivity contribution in [1.82, 2.24) is 10.9 Å². The lowest BCUT2D eigenvalue weighted by atomic mass is 10.1. The molecule has 0 bridgehead atoms. The normalized spacial score (nSPS) is 10.0. The summed E-state index contributed by atoms with van der Waals surface area (Å²) in [6, 6.07) is 12.3. The van der Waals surface area contributed by atoms with Crippen molar-refractivity contribution in [3.05, 3.63) is 69.2 Å². The maximum absolute atomic E-state index is 12.0. The summed E-state index contributed by atoms with van der Waals surface area (Å²) in [7, 11) is 0. The molecule has 0 aliphatic heterocycles. The Morgan fingerprint density at radius 1 is 0.857 bits per heavy atom. The number of nitrogens with one attached hydrogen (secondary N) is 2. The summed E-state index contributed by atoms with van der Waals surface area (Å²) >= 11 is 3.37. The maximum Gasteiger partial charge on any atom is 0.269 e. The molecular weight excluding hydrogens is 332 g/mol. The van der Waals surface area contributed by atoms with Gasteiger partial charge in [-0.1, -0.05) is 39.7 Å². The van der Waals surface area contributed by atoms with E-state index >= 15 is 0 Å². The van der Waals surface area contributed by atoms with Crippen LogP contribution in [0.25, 0.3) is 0 Å². The van der Waals surface area contributed by atoms with Gasteiger partial charge >= 0.3 is 0 Å². The van der Waals surface area contributed by atoms with Gasteiger partial charge in [0, 0.05) is 15.6 Å². The monoisotopic (exact) mass is 346 g/mol. The van der Waals surface area contributed by atoms with Crippen molar-refractivity contribution >= 4 is 27.7 Å². The first-order valence-corrected chi connectivity index (χ1v) is 7.20. The molecule has 108 valence electrons. The van der Waals surface area contributed by atoms with E-state index in [0.717, 1.165) is 15.6 Å². The molecule has 4 nitrogen and oxygen atoms in total. The van der Waals surface area contributed by atoms with E-state index in [9.17, 15) is 9.59 Å². The number of hydrogen-bond acceptors (Lipinski definition) is 2. The van der Waals surface area contributed by atoms with Gasteiger partial charge in [0.1, 0.15) is 0 Å². The first kappa shape index (κ1) is 15.3. The number of amides is 2. The number of carbonyl (C=O) groups excluding carboxylic acids is 2. The lowest BCUT2D eigenvalue weighted by Gasteiger charge is -2.08. The van der Waals surface area contributed by atoms with Crippen LogP contribution >= 0.6 is 15.9 Å². The topological polar surface area (TPSA) is 58.2 Å². The molecule has 0 saturated heterocycles. The molecule has 0 fully saturated rings. The number of aryl methyl sites for hydroxylation is 2. The molecule has 2 rings (SSSR count). The number of hydrogen-bond donors (Lipinski definition) is 2. The molecule has 0 heterocycles. The van der Waals surface area contributed by atoms with E-state index in [1.165, 1.54) is 0 Å². The third kappa shape index (κ3) is 3.92. The summed E-state index contributed by atoms with van der Waals surface area (Å²) in [6.07, 6.45) is 0. The predicted molar refractivity (Wildman–Crippen MR) is 85.0 cm³/mol. The molecule has 2 aromatic carbocycles. The summed E-state index contributed by atoms with van der Waals surface area (Å²) in [5.74, 6) is -0.717. The predicted octanol–water partition coefficient (Wildman–Crippen LogP) is 3.14. The fourth-order valence-electron chi connectivity index (χ4n) is 1.70. The lowest BCUT2D eigenvalue weighted by molar-refractivity contribution is 0.0846. The highest BCUT2D eigenvalue weighted by Crippen LogP contribution is 2.17. The van der Waals surface area contributed by atoms with Gasteiger partial charge in [-0.15, -0.1) is 0 Å². The van der Waals surface area contributed by atoms with Gasteiger partial charge in [0.25, 0.3) is 11.8 Å². The summed E-state index contributed by atoms with van der Waals surface area (Å²) in [5, 5.41) is 0. The summed E-state index contributed by atoms with van der Waals surface area (Å²) in [6.45, 7) is 3.88. The van der Waals surface area contributed by atoms with Crippen LogP contribution in [0.2, 0.25) is 0 Å². The Kier molecular flexibility index (Phi) is 4.75. The Morgan fingerprint density at radius 2 is 1.38 bits per heavy atom. The zero-order valence-corrected chi connectivity index (χ0v) is 13.3. The Labute approximate surface area is 131 Å². The highest BCUT2D eigenvalue weighted by Gasteiger charge is 2.09. The lowest BCUT2D eigenvalue weighted by Crippen LogP contribution is -2.41. The first-order valence-electron chi connectivity index (χ1n) is 6.41. The fourth-order valence-corrected chi connectivity index (χ4v) is 2.08. The molecule has 21 heavy (non-hydrogen) atoms. The van der Waals surface area contributed by atoms with Crippen molar-refractivity contribution in [2.45, 2.75) is 13.8 Å². The minimum absolute atomic E-state index is 0.352. The van der Waals surface area contributed by atoms with Gasteiger partial charge in [-0.3, -0.25) is 20.4 Å². The van der Waals surface area contributed by atoms with Crippen molar-refractivity contribution in [1.29, 1.82) is 0 Å². The van der Waals surface area contributed by atoms with Crippen LogP contribution in [0.15, 0.2) is 46.9 Å². The minimum Gasteiger partial charge on any atom is -0.267 e. The largest absolute Gasteiger partial charge is 0.269 e. The van der Waals surface area contributed by atoms with Gasteiger partial charge in [-0.2, -0.15) is 0 Å². The van der Waals surface area contributed by atoms with Crippen molar-refractivity contribution in [3.8, 4) is 0 Å². The van der Waals surface area contributed by atoms with Crippen LogP contribution in [0.5, 0.6) is 0 Å². The first-order chi connectivity index (χ1) is 9.97. The third-order valence-corrected chi connectivity index (χ3v) is 3.89. The highest BCUT2D eigenvalue weighted by atomic mass is 79.9. The average Bonchev–Trinajstić information content (AvgIpc) is 2.48. The Bertz CT molecular complexity index is 681. The quantitative estimate of drug-likeness (QED) is 0.820. The second kappa shape index (κ2) is 6.54. The van der Waals surface area contributed by atoms with E-state index in [4.69, 9.17) is 0 Å². The van der Waals surface area contributed by atoms with Crippen molar-refractivity contribution in [2.24, 2.45) is 0 Å². The molecule has 0 aromatic heterocycles. The highest BCUT2D eigenvalue weighted by molar-refractivity contribution is 9.10. The van der Waals surface area contributed by atoms with Crippen LogP contribution in [0, 0.1) is 13.8 Å². The number of carbonyl (C=O) groups is 2. The average molecular weight is 347 g/mol. The molecule has 0 aliphatic carbocycles. The molecule has 2 aromatic rings. The Hall–Kier alpha value is -2.14. The second-order valence-corrected chi connectivity index (χ2v) is 5.59. The van der Waals surface area contributed by atoms with E-state index in [0.29, 0.717) is 11.1 Å². The molecule has 0 saturated carbocycles. The van der Waals surface area contributed by atoms with Crippen LogP contribution in [-0.2, 0) is 0 Å². The molecule has 5 heteroatoms. The molecular formula is C16H15BrN2O2. The summed E-state index contributed by atoms with van der Waals surface area (Å²) in [4.78, 5) is 23.8. The van der Waals surface area contributed by atoms with E-state index < -0.39 is 0 Å². The molecule has 0 aliphatic rings. The van der Waals surface area contributed by atoms with Crippen LogP contribution < -0.4 is 10.9 Å². The van der Waals surface area contributed by atoms with Crippen LogP contribution in [-0.4, -0.2) is 11.8 Å². The zero-order valence-electron chi connectivity index (χ0n) is 11.7. The molecule has 0 atom stereocenters. The van der Waals surface area contributed by atoms with Gasteiger partial charge in [0.15, 0.2) is 0 Å². The number of rotatable bonds is 2. The molecule has 0 spiro atoms. The molecule has 2 amide bonds. The second-order valence-electron chi connectivity index (χ2n) is 4.74. The minimum atomic E-state index is -0.365. The van der Waals surface area contributed by atoms with Crippen molar-refractivity contribution in [3.63, 3.8) is 0 Å². The van der Waals surface area contributed by atoms with E-state index in [2.05, 4.69) is 26.8 Å². The van der Waals surface area contributed by atoms with Crippen molar-refractivity contribution < 1.29 is 9.59 Å². The van der Waals surface area contributed by atoms with Crippen LogP contribution in [0.4, 0.5) is 0 Å². The van der Waals surface area contributed by atoms with E-state index in [1.807, 2.05) is 32.0 Å². The van der Waals surface area contributed by atoms with Gasteiger partial charge in [-0.05, 0) is 43.7 Å². The van der Waals surface area contributed by atoms with Gasteiger partial charge in [-0.25, -0.2) is 0 Å². The fraction of sp³-hybridized carbons (Fsp3) is 0.125. The molecule has 0 unspecified atom stereocenters. The van der Waals surface area contributed by atoms with Crippen LogP contribution in [0.3, 0.4) is 0 Å². The SMILES string of the molecule is Cc1ccc(C(=O)NNC(=O)c2ccc(C)c(Br)c2)cc1. The number of hydrazine groups is 1. The smallest absolute Gasteiger partial charge is 0.267 e. The molecule has 0 radical (unpaired) electrons. The van der Waals surface area contributed by atoms with E-state index in [1.54, 1.807) is 24.3 Å². The van der Waals surface area contributed by atoms with Gasteiger partial charge in [0.05, 0.1) is 0 Å². The number of benzene rings is 2. The standard InChI is InChI=1S/C16H15BrN2O2/c1-10-3-6-12(7-4-10)15(20)18-19-16(21)13-8-5-11(2)14(17)9-13/h3-9H,1-2H3,(H,18,20)(H,19,21). The van der Waals surface area contributed by atoms with E-state index in [-0.39, 0.29) is 11.8 Å². The Balaban J connectivity index is 1.98. The molecule has 2 N–H and O–H groups in total. The van der Waals surface area contributed by atoms with Gasteiger partial charge in [0.2, 0.25) is 0 Å². The number of halogens is 1. The Morgan fingerprint density at radius 3 is 1.95 bits per heavy atom. The zero-order chi connectivity index (χ0) is 15.4.